The van der Waals surface area contributed by atoms with Gasteiger partial charge in [-0.1, -0.05) is 6.42 Å². The Morgan fingerprint density at radius 2 is 2.36 bits per heavy atom. The van der Waals surface area contributed by atoms with Crippen LogP contribution in [-0.4, -0.2) is 17.5 Å². The summed E-state index contributed by atoms with van der Waals surface area (Å²) in [6.07, 6.45) is 3.62. The Bertz CT molecular complexity index is 159. The molecule has 1 radical (unpaired) electrons. The summed E-state index contributed by atoms with van der Waals surface area (Å²) in [5, 5.41) is 8.70. The molecule has 1 fully saturated rings. The van der Waals surface area contributed by atoms with Gasteiger partial charge in [0.05, 0.1) is 12.0 Å². The highest BCUT2D eigenvalue weighted by molar-refractivity contribution is 4.91. The third-order valence-corrected chi connectivity index (χ3v) is 2.45. The van der Waals surface area contributed by atoms with Gasteiger partial charge in [0.15, 0.2) is 0 Å². The number of hydrogen-bond acceptors (Lipinski definition) is 2. The molecule has 1 aliphatic rings. The first-order valence-corrected chi connectivity index (χ1v) is 4.22. The summed E-state index contributed by atoms with van der Waals surface area (Å²) in [6.45, 7) is 3.03. The van der Waals surface area contributed by atoms with Crippen molar-refractivity contribution in [3.05, 3.63) is 7.05 Å². The molecule has 11 heavy (non-hydrogen) atoms. The average molecular weight is 151 g/mol. The zero-order valence-electron chi connectivity index (χ0n) is 7.08. The van der Waals surface area contributed by atoms with Crippen LogP contribution in [0.5, 0.6) is 0 Å². The molecule has 2 heteroatoms. The Morgan fingerprint density at radius 1 is 1.64 bits per heavy atom. The van der Waals surface area contributed by atoms with Crippen LogP contribution < -0.4 is 0 Å². The summed E-state index contributed by atoms with van der Waals surface area (Å²) in [6, 6.07) is 2.68. The predicted octanol–water partition coefficient (Wildman–Crippen LogP) is 1.79. The predicted molar refractivity (Wildman–Crippen MR) is 44.5 cm³/mol. The number of piperidine rings is 1. The second kappa shape index (κ2) is 3.73. The van der Waals surface area contributed by atoms with Gasteiger partial charge in [-0.2, -0.15) is 5.26 Å². The van der Waals surface area contributed by atoms with E-state index in [1.54, 1.807) is 0 Å². The molecule has 1 aliphatic heterocycles. The van der Waals surface area contributed by atoms with Crippen molar-refractivity contribution in [3.63, 3.8) is 0 Å². The molecule has 2 nitrogen and oxygen atoms in total. The maximum atomic E-state index is 8.70. The number of rotatable bonds is 1. The van der Waals surface area contributed by atoms with E-state index in [1.165, 1.54) is 12.8 Å². The maximum absolute atomic E-state index is 8.70. The molecule has 0 bridgehead atoms. The largest absolute Gasteiger partial charge is 0.298 e. The second-order valence-electron chi connectivity index (χ2n) is 3.29. The quantitative estimate of drug-likeness (QED) is 0.571. The van der Waals surface area contributed by atoms with Crippen molar-refractivity contribution < 1.29 is 0 Å². The lowest BCUT2D eigenvalue weighted by Crippen LogP contribution is -2.38. The third kappa shape index (κ3) is 1.94. The lowest BCUT2D eigenvalue weighted by atomic mass is 9.93. The van der Waals surface area contributed by atoms with Crippen LogP contribution in [0.25, 0.3) is 0 Å². The third-order valence-electron chi connectivity index (χ3n) is 2.45. The van der Waals surface area contributed by atoms with Crippen LogP contribution in [0, 0.1) is 24.3 Å². The molecule has 1 heterocycles. The molecule has 61 valence electrons. The van der Waals surface area contributed by atoms with E-state index in [9.17, 15) is 0 Å². The molecule has 2 atom stereocenters. The summed E-state index contributed by atoms with van der Waals surface area (Å²) < 4.78 is 0. The molecule has 0 aromatic carbocycles. The highest BCUT2D eigenvalue weighted by Gasteiger charge is 2.23. The molecule has 1 saturated heterocycles. The highest BCUT2D eigenvalue weighted by Crippen LogP contribution is 2.21. The maximum Gasteiger partial charge on any atom is 0.0669 e. The summed E-state index contributed by atoms with van der Waals surface area (Å²) in [5.41, 5.74) is 0. The average Bonchev–Trinajstić information content (AvgIpc) is 2.04. The summed E-state index contributed by atoms with van der Waals surface area (Å²) in [4.78, 5) is 2.07. The number of hydrogen-bond donors (Lipinski definition) is 0. The Morgan fingerprint density at radius 3 is 2.91 bits per heavy atom. The van der Waals surface area contributed by atoms with E-state index >= 15 is 0 Å². The van der Waals surface area contributed by atoms with Crippen LogP contribution in [0.1, 0.15) is 26.2 Å². The highest BCUT2D eigenvalue weighted by atomic mass is 15.1. The Hall–Kier alpha value is -0.550. The summed E-state index contributed by atoms with van der Waals surface area (Å²) in [5.74, 6) is 0.132. The van der Waals surface area contributed by atoms with Crippen LogP contribution in [0.3, 0.4) is 0 Å². The first-order valence-electron chi connectivity index (χ1n) is 4.22. The Kier molecular flexibility index (Phi) is 2.90. The topological polar surface area (TPSA) is 27.0 Å². The van der Waals surface area contributed by atoms with Gasteiger partial charge in [-0.05, 0) is 26.3 Å². The smallest absolute Gasteiger partial charge is 0.0669 e. The lowest BCUT2D eigenvalue weighted by Gasteiger charge is -2.33. The minimum Gasteiger partial charge on any atom is -0.298 e. The van der Waals surface area contributed by atoms with Gasteiger partial charge >= 0.3 is 0 Å². The van der Waals surface area contributed by atoms with Gasteiger partial charge in [0, 0.05) is 13.1 Å². The van der Waals surface area contributed by atoms with Crippen molar-refractivity contribution in [2.45, 2.75) is 32.2 Å². The zero-order valence-corrected chi connectivity index (χ0v) is 7.08. The van der Waals surface area contributed by atoms with Crippen LogP contribution in [0.2, 0.25) is 0 Å². The van der Waals surface area contributed by atoms with Crippen molar-refractivity contribution >= 4 is 0 Å². The fraction of sp³-hybridized carbons (Fsp3) is 0.778. The molecular formula is C9H15N2. The first-order chi connectivity index (χ1) is 5.25. The first kappa shape index (κ1) is 8.55. The second-order valence-corrected chi connectivity index (χ2v) is 3.29. The Labute approximate surface area is 68.8 Å². The van der Waals surface area contributed by atoms with Crippen LogP contribution in [0.4, 0.5) is 0 Å². The van der Waals surface area contributed by atoms with E-state index in [-0.39, 0.29) is 5.92 Å². The van der Waals surface area contributed by atoms with E-state index < -0.39 is 0 Å². The van der Waals surface area contributed by atoms with E-state index in [0.717, 1.165) is 13.0 Å². The molecule has 0 aliphatic carbocycles. The van der Waals surface area contributed by atoms with Gasteiger partial charge in [-0.15, -0.1) is 0 Å². The van der Waals surface area contributed by atoms with E-state index in [0.29, 0.717) is 6.04 Å². The van der Waals surface area contributed by atoms with Crippen molar-refractivity contribution in [1.29, 1.82) is 5.26 Å². The van der Waals surface area contributed by atoms with Crippen LogP contribution in [0.15, 0.2) is 0 Å². The van der Waals surface area contributed by atoms with Gasteiger partial charge in [-0.25, -0.2) is 0 Å². The van der Waals surface area contributed by atoms with Gasteiger partial charge < -0.3 is 0 Å². The standard InChI is InChI=1S/C9H15N2/c1-8(7-10)9-5-3-4-6-11(9)2/h8-9H,2-6H2,1H3. The molecule has 2 unspecified atom stereocenters. The minimum absolute atomic E-state index is 0.132. The van der Waals surface area contributed by atoms with Crippen molar-refractivity contribution in [3.8, 4) is 6.07 Å². The molecule has 0 aromatic rings. The minimum atomic E-state index is 0.132. The Balaban J connectivity index is 2.48. The van der Waals surface area contributed by atoms with Gasteiger partial charge in [0.1, 0.15) is 0 Å². The van der Waals surface area contributed by atoms with Gasteiger partial charge in [0.25, 0.3) is 0 Å². The zero-order chi connectivity index (χ0) is 8.27. The summed E-state index contributed by atoms with van der Waals surface area (Å²) in [7, 11) is 3.93. The molecule has 0 spiro atoms. The number of nitriles is 1. The molecular weight excluding hydrogens is 136 g/mol. The van der Waals surface area contributed by atoms with Crippen LogP contribution in [-0.2, 0) is 0 Å². The molecule has 0 saturated carbocycles. The summed E-state index contributed by atoms with van der Waals surface area (Å²) >= 11 is 0. The fourth-order valence-electron chi connectivity index (χ4n) is 1.67. The van der Waals surface area contributed by atoms with Gasteiger partial charge in [0.2, 0.25) is 0 Å². The molecule has 1 rings (SSSR count). The number of nitrogens with zero attached hydrogens (tertiary/aromatic N) is 2. The number of likely N-dealkylation sites (tertiary alicyclic amines) is 1. The normalized spacial score (nSPS) is 29.4. The van der Waals surface area contributed by atoms with Crippen molar-refractivity contribution in [2.75, 3.05) is 6.54 Å². The fourth-order valence-corrected chi connectivity index (χ4v) is 1.67. The van der Waals surface area contributed by atoms with Crippen molar-refractivity contribution in [1.82, 2.24) is 4.90 Å². The van der Waals surface area contributed by atoms with Gasteiger partial charge in [-0.3, -0.25) is 4.90 Å². The monoisotopic (exact) mass is 151 g/mol. The SMILES string of the molecule is [CH2]N1CCCCC1C(C)C#N. The van der Waals surface area contributed by atoms with E-state index in [2.05, 4.69) is 18.0 Å². The molecule has 0 amide bonds. The van der Waals surface area contributed by atoms with E-state index in [4.69, 9.17) is 5.26 Å². The molecule has 0 N–H and O–H groups in total. The van der Waals surface area contributed by atoms with Crippen molar-refractivity contribution in [2.24, 2.45) is 5.92 Å². The van der Waals surface area contributed by atoms with Crippen LogP contribution >= 0.6 is 0 Å². The lowest BCUT2D eigenvalue weighted by molar-refractivity contribution is 0.178. The molecule has 0 aromatic heterocycles. The van der Waals surface area contributed by atoms with E-state index in [1.807, 2.05) is 6.92 Å².